The third-order valence-corrected chi connectivity index (χ3v) is 5.12. The van der Waals surface area contributed by atoms with Crippen molar-refractivity contribution in [3.05, 3.63) is 106 Å². The number of halogens is 1. The van der Waals surface area contributed by atoms with Gasteiger partial charge in [0.05, 0.1) is 11.6 Å². The van der Waals surface area contributed by atoms with Gasteiger partial charge in [-0.15, -0.1) is 0 Å². The van der Waals surface area contributed by atoms with Gasteiger partial charge in [0.2, 0.25) is 0 Å². The van der Waals surface area contributed by atoms with Gasteiger partial charge >= 0.3 is 5.97 Å². The van der Waals surface area contributed by atoms with Gasteiger partial charge in [-0.05, 0) is 47.5 Å². The van der Waals surface area contributed by atoms with Crippen LogP contribution in [0.15, 0.2) is 84.6 Å². The van der Waals surface area contributed by atoms with Crippen LogP contribution in [-0.2, 0) is 4.79 Å². The fourth-order valence-corrected chi connectivity index (χ4v) is 3.64. The highest BCUT2D eigenvalue weighted by Gasteiger charge is 2.41. The third-order valence-electron chi connectivity index (χ3n) is 4.87. The van der Waals surface area contributed by atoms with Crippen LogP contribution in [0.2, 0.25) is 5.02 Å². The number of benzene rings is 3. The summed E-state index contributed by atoms with van der Waals surface area (Å²) in [7, 11) is 0. The van der Waals surface area contributed by atoms with E-state index >= 15 is 0 Å². The number of amides is 1. The number of aromatic carboxylic acids is 1. The first-order valence-corrected chi connectivity index (χ1v) is 9.26. The van der Waals surface area contributed by atoms with E-state index < -0.39 is 17.9 Å². The average molecular weight is 406 g/mol. The Kier molecular flexibility index (Phi) is 4.82. The van der Waals surface area contributed by atoms with Crippen LogP contribution >= 0.6 is 11.6 Å². The molecule has 0 unspecified atom stereocenters. The maximum absolute atomic E-state index is 13.0. The molecule has 0 radical (unpaired) electrons. The second-order valence-electron chi connectivity index (χ2n) is 6.61. The second kappa shape index (κ2) is 7.45. The number of rotatable bonds is 4. The molecule has 3 aromatic rings. The van der Waals surface area contributed by atoms with E-state index in [4.69, 9.17) is 11.6 Å². The zero-order valence-electron chi connectivity index (χ0n) is 15.1. The molecule has 1 amide bonds. The minimum atomic E-state index is -1.03. The Morgan fingerprint density at radius 2 is 1.52 bits per heavy atom. The molecule has 2 N–H and O–H groups in total. The van der Waals surface area contributed by atoms with Crippen molar-refractivity contribution in [3.63, 3.8) is 0 Å². The first-order chi connectivity index (χ1) is 14.0. The van der Waals surface area contributed by atoms with Gasteiger partial charge in [0.15, 0.2) is 5.76 Å². The molecule has 0 aromatic heterocycles. The molecule has 29 heavy (non-hydrogen) atoms. The Labute approximate surface area is 172 Å². The number of anilines is 1. The average Bonchev–Trinajstić information content (AvgIpc) is 3.00. The van der Waals surface area contributed by atoms with Crippen molar-refractivity contribution < 1.29 is 19.8 Å². The number of nitrogens with zero attached hydrogens (tertiary/aromatic N) is 1. The van der Waals surface area contributed by atoms with Gasteiger partial charge in [0, 0.05) is 16.3 Å². The Hall–Kier alpha value is -3.57. The van der Waals surface area contributed by atoms with Crippen LogP contribution in [0.3, 0.4) is 0 Å². The van der Waals surface area contributed by atoms with Gasteiger partial charge in [-0.2, -0.15) is 0 Å². The fraction of sp³-hybridized carbons (Fsp3) is 0.0435. The molecular formula is C23H16ClNO4. The van der Waals surface area contributed by atoms with E-state index in [2.05, 4.69) is 0 Å². The monoisotopic (exact) mass is 405 g/mol. The molecule has 0 spiro atoms. The lowest BCUT2D eigenvalue weighted by Crippen LogP contribution is -2.30. The maximum Gasteiger partial charge on any atom is 0.335 e. The summed E-state index contributed by atoms with van der Waals surface area (Å²) in [4.78, 5) is 25.7. The molecule has 6 heteroatoms. The topological polar surface area (TPSA) is 77.8 Å². The largest absolute Gasteiger partial charge is 0.503 e. The number of carbonyl (C=O) groups is 2. The van der Waals surface area contributed by atoms with Crippen LogP contribution in [-0.4, -0.2) is 22.1 Å². The van der Waals surface area contributed by atoms with E-state index in [0.717, 1.165) is 0 Å². The van der Waals surface area contributed by atoms with Crippen molar-refractivity contribution in [2.45, 2.75) is 6.04 Å². The fourth-order valence-electron chi connectivity index (χ4n) is 3.51. The van der Waals surface area contributed by atoms with E-state index in [9.17, 15) is 19.8 Å². The Bertz CT molecular complexity index is 1110. The maximum atomic E-state index is 13.0. The molecule has 4 rings (SSSR count). The van der Waals surface area contributed by atoms with E-state index in [-0.39, 0.29) is 11.3 Å². The highest BCUT2D eigenvalue weighted by atomic mass is 35.5. The number of hydrogen-bond donors (Lipinski definition) is 2. The summed E-state index contributed by atoms with van der Waals surface area (Å²) in [5.74, 6) is -1.90. The first-order valence-electron chi connectivity index (χ1n) is 8.88. The molecule has 1 aliphatic heterocycles. The second-order valence-corrected chi connectivity index (χ2v) is 7.05. The van der Waals surface area contributed by atoms with E-state index in [1.54, 1.807) is 36.4 Å². The predicted octanol–water partition coefficient (Wildman–Crippen LogP) is 5.10. The Balaban J connectivity index is 1.88. The molecule has 1 heterocycles. The molecule has 3 aromatic carbocycles. The smallest absolute Gasteiger partial charge is 0.335 e. The van der Waals surface area contributed by atoms with Crippen molar-refractivity contribution in [1.82, 2.24) is 0 Å². The molecule has 1 atom stereocenters. The van der Waals surface area contributed by atoms with E-state index in [1.807, 2.05) is 30.3 Å². The predicted molar refractivity (Wildman–Crippen MR) is 111 cm³/mol. The Morgan fingerprint density at radius 3 is 2.10 bits per heavy atom. The molecule has 0 aliphatic carbocycles. The standard InChI is InChI=1S/C23H16ClNO4/c24-17-10-12-18(13-11-17)25-20(15-6-8-16(9-7-15)23(28)29)19(21(26)22(25)27)14-4-2-1-3-5-14/h1-13,20,26H,(H,28,29)/t20-/m1/s1. The highest BCUT2D eigenvalue weighted by molar-refractivity contribution is 6.30. The molecule has 5 nitrogen and oxygen atoms in total. The van der Waals surface area contributed by atoms with Crippen LogP contribution in [0, 0.1) is 0 Å². The molecular weight excluding hydrogens is 390 g/mol. The van der Waals surface area contributed by atoms with Crippen molar-refractivity contribution in [1.29, 1.82) is 0 Å². The van der Waals surface area contributed by atoms with Crippen LogP contribution < -0.4 is 4.90 Å². The van der Waals surface area contributed by atoms with Crippen molar-refractivity contribution >= 4 is 34.7 Å². The Morgan fingerprint density at radius 1 is 0.897 bits per heavy atom. The molecule has 0 saturated carbocycles. The molecule has 0 bridgehead atoms. The number of carbonyl (C=O) groups excluding carboxylic acids is 1. The lowest BCUT2D eigenvalue weighted by atomic mass is 9.93. The molecule has 1 aliphatic rings. The van der Waals surface area contributed by atoms with Crippen molar-refractivity contribution in [2.24, 2.45) is 0 Å². The summed E-state index contributed by atoms with van der Waals surface area (Å²) in [5, 5.41) is 20.5. The van der Waals surface area contributed by atoms with E-state index in [0.29, 0.717) is 27.4 Å². The summed E-state index contributed by atoms with van der Waals surface area (Å²) >= 11 is 5.99. The summed E-state index contributed by atoms with van der Waals surface area (Å²) < 4.78 is 0. The van der Waals surface area contributed by atoms with Gasteiger partial charge in [-0.3, -0.25) is 9.69 Å². The number of aliphatic hydroxyl groups excluding tert-OH is 1. The first kappa shape index (κ1) is 18.8. The minimum absolute atomic E-state index is 0.144. The molecule has 0 fully saturated rings. The zero-order chi connectivity index (χ0) is 20.5. The summed E-state index contributed by atoms with van der Waals surface area (Å²) in [6.07, 6.45) is 0. The number of aliphatic hydroxyl groups is 1. The number of carboxylic acid groups (broad SMARTS) is 1. The van der Waals surface area contributed by atoms with Crippen LogP contribution in [0.1, 0.15) is 27.5 Å². The van der Waals surface area contributed by atoms with Gasteiger partial charge in [0.25, 0.3) is 5.91 Å². The van der Waals surface area contributed by atoms with E-state index in [1.165, 1.54) is 17.0 Å². The van der Waals surface area contributed by atoms with Crippen LogP contribution in [0.4, 0.5) is 5.69 Å². The quantitative estimate of drug-likeness (QED) is 0.633. The van der Waals surface area contributed by atoms with Gasteiger partial charge in [0.1, 0.15) is 0 Å². The van der Waals surface area contributed by atoms with Crippen molar-refractivity contribution in [2.75, 3.05) is 4.90 Å². The third kappa shape index (κ3) is 3.37. The number of hydrogen-bond acceptors (Lipinski definition) is 3. The molecule has 144 valence electrons. The number of carboxylic acids is 1. The normalized spacial score (nSPS) is 16.4. The summed E-state index contributed by atoms with van der Waals surface area (Å²) in [6.45, 7) is 0. The summed E-state index contributed by atoms with van der Waals surface area (Å²) in [6, 6.07) is 21.6. The van der Waals surface area contributed by atoms with Gasteiger partial charge < -0.3 is 10.2 Å². The van der Waals surface area contributed by atoms with Gasteiger partial charge in [-0.1, -0.05) is 54.1 Å². The molecule has 0 saturated heterocycles. The van der Waals surface area contributed by atoms with Gasteiger partial charge in [-0.25, -0.2) is 4.79 Å². The minimum Gasteiger partial charge on any atom is -0.503 e. The highest BCUT2D eigenvalue weighted by Crippen LogP contribution is 2.45. The van der Waals surface area contributed by atoms with Crippen molar-refractivity contribution in [3.8, 4) is 0 Å². The lowest BCUT2D eigenvalue weighted by Gasteiger charge is -2.27. The zero-order valence-corrected chi connectivity index (χ0v) is 15.9. The summed E-state index contributed by atoms with van der Waals surface area (Å²) in [5.41, 5.74) is 2.58. The lowest BCUT2D eigenvalue weighted by molar-refractivity contribution is -0.117. The van der Waals surface area contributed by atoms with Crippen LogP contribution in [0.25, 0.3) is 5.57 Å². The SMILES string of the molecule is O=C(O)c1ccc([C@@H]2C(c3ccccc3)=C(O)C(=O)N2c2ccc(Cl)cc2)cc1. The van der Waals surface area contributed by atoms with Crippen LogP contribution in [0.5, 0.6) is 0 Å².